The molecule has 0 fully saturated rings. The van der Waals surface area contributed by atoms with Crippen molar-refractivity contribution < 1.29 is 9.59 Å². The minimum atomic E-state index is -0.470. The number of amides is 2. The Balaban J connectivity index is 1.59. The van der Waals surface area contributed by atoms with Crippen molar-refractivity contribution in [2.24, 2.45) is 0 Å². The van der Waals surface area contributed by atoms with Crippen LogP contribution in [0.3, 0.4) is 0 Å². The molecule has 0 unspecified atom stereocenters. The van der Waals surface area contributed by atoms with Crippen LogP contribution < -0.4 is 15.5 Å². The van der Waals surface area contributed by atoms with Gasteiger partial charge < -0.3 is 5.32 Å². The fourth-order valence-corrected chi connectivity index (χ4v) is 4.54. The molecule has 2 N–H and O–H groups in total. The number of hydrogen-bond donors (Lipinski definition) is 2. The third kappa shape index (κ3) is 4.15. The molecule has 2 amide bonds. The second kappa shape index (κ2) is 8.81. The van der Waals surface area contributed by atoms with Gasteiger partial charge in [-0.1, -0.05) is 49.4 Å². The number of nitrogens with one attached hydrogen (secondary N) is 2. The van der Waals surface area contributed by atoms with Crippen molar-refractivity contribution in [1.82, 2.24) is 5.32 Å². The molecule has 0 spiro atoms. The van der Waals surface area contributed by atoms with Crippen LogP contribution >= 0.6 is 11.3 Å². The Morgan fingerprint density at radius 1 is 1.13 bits per heavy atom. The maximum Gasteiger partial charge on any atom is 0.244 e. The second-order valence-electron chi connectivity index (χ2n) is 7.42. The molecule has 1 aliphatic heterocycles. The Morgan fingerprint density at radius 2 is 1.90 bits per heavy atom. The summed E-state index contributed by atoms with van der Waals surface area (Å²) < 4.78 is 0. The molecule has 1 aromatic heterocycles. The fourth-order valence-electron chi connectivity index (χ4n) is 3.73. The van der Waals surface area contributed by atoms with E-state index in [1.165, 1.54) is 5.56 Å². The molecule has 0 radical (unpaired) electrons. The summed E-state index contributed by atoms with van der Waals surface area (Å²) in [6.07, 6.45) is 0.989. The number of para-hydroxylation sites is 2. The quantitative estimate of drug-likeness (QED) is 0.624. The minimum Gasteiger partial charge on any atom is -0.323 e. The molecule has 154 valence electrons. The first kappa shape index (κ1) is 20.3. The van der Waals surface area contributed by atoms with E-state index in [9.17, 15) is 9.59 Å². The normalized spacial score (nSPS) is 15.3. The molecule has 0 saturated heterocycles. The SMILES string of the molecule is CCc1ccc([C@H](N[C@H](C)C(=O)N2CC(=O)Nc3ccccc32)c2cccs2)cc1. The predicted molar refractivity (Wildman–Crippen MR) is 122 cm³/mol. The standard InChI is InChI=1S/C24H25N3O2S/c1-3-17-10-12-18(13-11-17)23(21-9-6-14-30-21)25-16(2)24(29)27-15-22(28)26-19-7-4-5-8-20(19)27/h4-14,16,23,25H,3,15H2,1-2H3,(H,26,28)/t16-,23+/m1/s1. The molecular formula is C24H25N3O2S. The van der Waals surface area contributed by atoms with Gasteiger partial charge in [0.05, 0.1) is 23.5 Å². The Kier molecular flexibility index (Phi) is 5.97. The highest BCUT2D eigenvalue weighted by molar-refractivity contribution is 7.10. The Morgan fingerprint density at radius 3 is 2.60 bits per heavy atom. The lowest BCUT2D eigenvalue weighted by Crippen LogP contribution is -2.50. The van der Waals surface area contributed by atoms with Crippen molar-refractivity contribution in [3.05, 3.63) is 82.0 Å². The van der Waals surface area contributed by atoms with Crippen LogP contribution in [0.1, 0.15) is 35.9 Å². The molecule has 5 nitrogen and oxygen atoms in total. The van der Waals surface area contributed by atoms with E-state index in [-0.39, 0.29) is 24.4 Å². The summed E-state index contributed by atoms with van der Waals surface area (Å²) in [6.45, 7) is 4.02. The van der Waals surface area contributed by atoms with Gasteiger partial charge in [-0.2, -0.15) is 0 Å². The van der Waals surface area contributed by atoms with Crippen LogP contribution in [0.15, 0.2) is 66.0 Å². The third-order valence-corrected chi connectivity index (χ3v) is 6.31. The molecule has 0 bridgehead atoms. The molecule has 2 atom stereocenters. The zero-order valence-electron chi connectivity index (χ0n) is 17.1. The molecule has 30 heavy (non-hydrogen) atoms. The number of nitrogens with zero attached hydrogens (tertiary/aromatic N) is 1. The third-order valence-electron chi connectivity index (χ3n) is 5.37. The zero-order valence-corrected chi connectivity index (χ0v) is 17.9. The van der Waals surface area contributed by atoms with Gasteiger partial charge in [0, 0.05) is 4.88 Å². The number of rotatable bonds is 6. The van der Waals surface area contributed by atoms with Crippen molar-refractivity contribution in [3.63, 3.8) is 0 Å². The van der Waals surface area contributed by atoms with E-state index in [0.717, 1.165) is 22.5 Å². The highest BCUT2D eigenvalue weighted by Crippen LogP contribution is 2.31. The van der Waals surface area contributed by atoms with E-state index in [1.54, 1.807) is 16.2 Å². The molecule has 4 rings (SSSR count). The molecule has 0 saturated carbocycles. The summed E-state index contributed by atoms with van der Waals surface area (Å²) in [5.74, 6) is -0.303. The molecule has 2 aromatic carbocycles. The predicted octanol–water partition coefficient (Wildman–Crippen LogP) is 4.36. The Labute approximate surface area is 180 Å². The summed E-state index contributed by atoms with van der Waals surface area (Å²) in [5.41, 5.74) is 3.80. The highest BCUT2D eigenvalue weighted by atomic mass is 32.1. The fraction of sp³-hybridized carbons (Fsp3) is 0.250. The first-order chi connectivity index (χ1) is 14.6. The Bertz CT molecular complexity index is 1030. The maximum absolute atomic E-state index is 13.3. The molecule has 1 aliphatic rings. The van der Waals surface area contributed by atoms with E-state index in [4.69, 9.17) is 0 Å². The van der Waals surface area contributed by atoms with Crippen LogP contribution in [0.2, 0.25) is 0 Å². The van der Waals surface area contributed by atoms with Crippen molar-refractivity contribution in [2.45, 2.75) is 32.4 Å². The maximum atomic E-state index is 13.3. The van der Waals surface area contributed by atoms with Gasteiger partial charge in [0.2, 0.25) is 11.8 Å². The topological polar surface area (TPSA) is 61.4 Å². The number of carbonyl (C=O) groups excluding carboxylic acids is 2. The minimum absolute atomic E-state index is 0.0245. The Hall–Kier alpha value is -2.96. The summed E-state index contributed by atoms with van der Waals surface area (Å²) in [4.78, 5) is 28.2. The van der Waals surface area contributed by atoms with Crippen LogP contribution in [0.25, 0.3) is 0 Å². The summed E-state index contributed by atoms with van der Waals surface area (Å²) in [6, 6.07) is 19.4. The van der Waals surface area contributed by atoms with Gasteiger partial charge in [-0.3, -0.25) is 19.8 Å². The number of fused-ring (bicyclic) bond motifs is 1. The molecule has 6 heteroatoms. The number of hydrogen-bond acceptors (Lipinski definition) is 4. The number of thiophene rings is 1. The number of aryl methyl sites for hydroxylation is 1. The largest absolute Gasteiger partial charge is 0.323 e. The van der Waals surface area contributed by atoms with Crippen molar-refractivity contribution in [3.8, 4) is 0 Å². The van der Waals surface area contributed by atoms with Gasteiger partial charge in [-0.25, -0.2) is 0 Å². The van der Waals surface area contributed by atoms with E-state index < -0.39 is 6.04 Å². The molecule has 3 aromatic rings. The van der Waals surface area contributed by atoms with E-state index in [2.05, 4.69) is 47.9 Å². The van der Waals surface area contributed by atoms with E-state index in [1.807, 2.05) is 42.6 Å². The van der Waals surface area contributed by atoms with E-state index in [0.29, 0.717) is 5.69 Å². The van der Waals surface area contributed by atoms with Gasteiger partial charge >= 0.3 is 0 Å². The number of carbonyl (C=O) groups is 2. The van der Waals surface area contributed by atoms with Crippen LogP contribution in [-0.4, -0.2) is 24.4 Å². The summed E-state index contributed by atoms with van der Waals surface area (Å²) >= 11 is 1.66. The van der Waals surface area contributed by atoms with Gasteiger partial charge in [0.1, 0.15) is 6.54 Å². The molecule has 2 heterocycles. The molecule has 0 aliphatic carbocycles. The first-order valence-electron chi connectivity index (χ1n) is 10.2. The lowest BCUT2D eigenvalue weighted by Gasteiger charge is -2.32. The van der Waals surface area contributed by atoms with Crippen LogP contribution in [0, 0.1) is 0 Å². The molecular weight excluding hydrogens is 394 g/mol. The average molecular weight is 420 g/mol. The second-order valence-corrected chi connectivity index (χ2v) is 8.40. The van der Waals surface area contributed by atoms with Gasteiger partial charge in [0.15, 0.2) is 0 Å². The van der Waals surface area contributed by atoms with Gasteiger partial charge in [-0.15, -0.1) is 11.3 Å². The number of benzene rings is 2. The van der Waals surface area contributed by atoms with Crippen molar-refractivity contribution in [1.29, 1.82) is 0 Å². The summed E-state index contributed by atoms with van der Waals surface area (Å²) in [7, 11) is 0. The van der Waals surface area contributed by atoms with Crippen LogP contribution in [0.4, 0.5) is 11.4 Å². The lowest BCUT2D eigenvalue weighted by molar-refractivity contribution is -0.123. The van der Waals surface area contributed by atoms with Gasteiger partial charge in [-0.05, 0) is 48.1 Å². The van der Waals surface area contributed by atoms with Crippen LogP contribution in [-0.2, 0) is 16.0 Å². The lowest BCUT2D eigenvalue weighted by atomic mass is 10.0. The van der Waals surface area contributed by atoms with Gasteiger partial charge in [0.25, 0.3) is 0 Å². The smallest absolute Gasteiger partial charge is 0.244 e. The summed E-state index contributed by atoms with van der Waals surface area (Å²) in [5, 5.41) is 8.38. The zero-order chi connectivity index (χ0) is 21.1. The number of anilines is 2. The van der Waals surface area contributed by atoms with Crippen molar-refractivity contribution >= 4 is 34.5 Å². The van der Waals surface area contributed by atoms with Crippen molar-refractivity contribution in [2.75, 3.05) is 16.8 Å². The van der Waals surface area contributed by atoms with E-state index >= 15 is 0 Å². The highest BCUT2D eigenvalue weighted by Gasteiger charge is 2.31. The average Bonchev–Trinajstić information content (AvgIpc) is 3.31. The first-order valence-corrected chi connectivity index (χ1v) is 11.0. The monoisotopic (exact) mass is 419 g/mol. The van der Waals surface area contributed by atoms with Crippen LogP contribution in [0.5, 0.6) is 0 Å².